The molecule has 2 fully saturated rings. The van der Waals surface area contributed by atoms with Crippen molar-refractivity contribution in [2.75, 3.05) is 0 Å². The van der Waals surface area contributed by atoms with Gasteiger partial charge in [-0.25, -0.2) is 0 Å². The van der Waals surface area contributed by atoms with Crippen molar-refractivity contribution < 1.29 is 15.3 Å². The van der Waals surface area contributed by atoms with Crippen LogP contribution in [0.3, 0.4) is 0 Å². The zero-order valence-corrected chi connectivity index (χ0v) is 10.8. The molecule has 0 aromatic heterocycles. The van der Waals surface area contributed by atoms with Crippen LogP contribution < -0.4 is 0 Å². The summed E-state index contributed by atoms with van der Waals surface area (Å²) >= 11 is 0. The highest BCUT2D eigenvalue weighted by Crippen LogP contribution is 2.37. The summed E-state index contributed by atoms with van der Waals surface area (Å²) in [7, 11) is 0. The van der Waals surface area contributed by atoms with E-state index in [2.05, 4.69) is 6.92 Å². The van der Waals surface area contributed by atoms with Gasteiger partial charge in [-0.15, -0.1) is 0 Å². The average Bonchev–Trinajstić information content (AvgIpc) is 2.29. The van der Waals surface area contributed by atoms with Crippen LogP contribution in [-0.2, 0) is 0 Å². The highest BCUT2D eigenvalue weighted by Gasteiger charge is 2.37. The van der Waals surface area contributed by atoms with Crippen LogP contribution in [0.15, 0.2) is 0 Å². The Hall–Kier alpha value is -0.120. The lowest BCUT2D eigenvalue weighted by Gasteiger charge is -2.39. The Labute approximate surface area is 104 Å². The van der Waals surface area contributed by atoms with Gasteiger partial charge < -0.3 is 15.3 Å². The maximum Gasteiger partial charge on any atom is 0.0621 e. The third-order valence-corrected chi connectivity index (χ3v) is 4.82. The Morgan fingerprint density at radius 2 is 1.59 bits per heavy atom. The molecule has 2 rings (SSSR count). The van der Waals surface area contributed by atoms with Crippen LogP contribution in [0, 0.1) is 17.8 Å². The SMILES string of the molecule is CC1CCC(C(O)C2CCC(O)CC2O)CC1. The van der Waals surface area contributed by atoms with Gasteiger partial charge in [-0.05, 0) is 43.9 Å². The van der Waals surface area contributed by atoms with Gasteiger partial charge in [-0.3, -0.25) is 0 Å². The van der Waals surface area contributed by atoms with Crippen molar-refractivity contribution in [1.29, 1.82) is 0 Å². The van der Waals surface area contributed by atoms with E-state index in [1.54, 1.807) is 0 Å². The first-order chi connectivity index (χ1) is 8.08. The predicted molar refractivity (Wildman–Crippen MR) is 66.5 cm³/mol. The molecule has 0 heterocycles. The summed E-state index contributed by atoms with van der Waals surface area (Å²) in [5.74, 6) is 1.13. The molecule has 4 unspecified atom stereocenters. The van der Waals surface area contributed by atoms with Crippen LogP contribution in [0.25, 0.3) is 0 Å². The lowest BCUT2D eigenvalue weighted by atomic mass is 9.72. The van der Waals surface area contributed by atoms with Crippen molar-refractivity contribution >= 4 is 0 Å². The van der Waals surface area contributed by atoms with Crippen molar-refractivity contribution in [3.8, 4) is 0 Å². The van der Waals surface area contributed by atoms with E-state index in [9.17, 15) is 15.3 Å². The zero-order chi connectivity index (χ0) is 12.4. The van der Waals surface area contributed by atoms with Crippen molar-refractivity contribution in [3.05, 3.63) is 0 Å². The molecule has 0 bridgehead atoms. The molecule has 100 valence electrons. The first-order valence-electron chi connectivity index (χ1n) is 7.12. The molecular weight excluding hydrogens is 216 g/mol. The Kier molecular flexibility index (Phi) is 4.45. The molecule has 0 saturated heterocycles. The van der Waals surface area contributed by atoms with Gasteiger partial charge in [0, 0.05) is 5.92 Å². The van der Waals surface area contributed by atoms with Gasteiger partial charge in [0.25, 0.3) is 0 Å². The monoisotopic (exact) mass is 242 g/mol. The van der Waals surface area contributed by atoms with E-state index >= 15 is 0 Å². The molecule has 0 aromatic carbocycles. The van der Waals surface area contributed by atoms with Gasteiger partial charge >= 0.3 is 0 Å². The van der Waals surface area contributed by atoms with Gasteiger partial charge in [0.1, 0.15) is 0 Å². The highest BCUT2D eigenvalue weighted by molar-refractivity contribution is 4.88. The largest absolute Gasteiger partial charge is 0.393 e. The Morgan fingerprint density at radius 1 is 0.941 bits per heavy atom. The summed E-state index contributed by atoms with van der Waals surface area (Å²) in [6, 6.07) is 0. The Bertz CT molecular complexity index is 236. The third kappa shape index (κ3) is 3.21. The second kappa shape index (κ2) is 5.68. The van der Waals surface area contributed by atoms with Gasteiger partial charge in [0.15, 0.2) is 0 Å². The average molecular weight is 242 g/mol. The summed E-state index contributed by atoms with van der Waals surface area (Å²) in [4.78, 5) is 0. The van der Waals surface area contributed by atoms with Gasteiger partial charge in [-0.1, -0.05) is 19.8 Å². The number of aliphatic hydroxyl groups is 3. The van der Waals surface area contributed by atoms with Crippen LogP contribution in [-0.4, -0.2) is 33.6 Å². The summed E-state index contributed by atoms with van der Waals surface area (Å²) in [5, 5.41) is 29.9. The summed E-state index contributed by atoms with van der Waals surface area (Å²) in [6.45, 7) is 2.27. The highest BCUT2D eigenvalue weighted by atomic mass is 16.3. The molecule has 0 spiro atoms. The van der Waals surface area contributed by atoms with E-state index in [1.807, 2.05) is 0 Å². The molecule has 3 heteroatoms. The van der Waals surface area contributed by atoms with Gasteiger partial charge in [0.05, 0.1) is 18.3 Å². The van der Waals surface area contributed by atoms with E-state index in [-0.39, 0.29) is 18.1 Å². The lowest BCUT2D eigenvalue weighted by molar-refractivity contribution is -0.0733. The maximum atomic E-state index is 10.4. The van der Waals surface area contributed by atoms with Crippen LogP contribution in [0.5, 0.6) is 0 Å². The molecule has 4 atom stereocenters. The molecule has 0 amide bonds. The minimum Gasteiger partial charge on any atom is -0.393 e. The molecular formula is C14H26O3. The minimum atomic E-state index is -0.520. The maximum absolute atomic E-state index is 10.4. The van der Waals surface area contributed by atoms with Crippen LogP contribution >= 0.6 is 0 Å². The molecule has 3 nitrogen and oxygen atoms in total. The van der Waals surface area contributed by atoms with E-state index in [0.29, 0.717) is 12.3 Å². The number of hydrogen-bond acceptors (Lipinski definition) is 3. The predicted octanol–water partition coefficient (Wildman–Crippen LogP) is 1.70. The smallest absolute Gasteiger partial charge is 0.0621 e. The fourth-order valence-electron chi connectivity index (χ4n) is 3.52. The molecule has 3 N–H and O–H groups in total. The standard InChI is InChI=1S/C14H26O3/c1-9-2-4-10(5-3-9)14(17)12-7-6-11(15)8-13(12)16/h9-17H,2-8H2,1H3. The molecule has 2 aliphatic carbocycles. The molecule has 0 aromatic rings. The summed E-state index contributed by atoms with van der Waals surface area (Å²) in [6.07, 6.45) is 5.24. The minimum absolute atomic E-state index is 0.0168. The number of hydrogen-bond donors (Lipinski definition) is 3. The van der Waals surface area contributed by atoms with Crippen molar-refractivity contribution in [1.82, 2.24) is 0 Å². The summed E-state index contributed by atoms with van der Waals surface area (Å²) < 4.78 is 0. The quantitative estimate of drug-likeness (QED) is 0.690. The van der Waals surface area contributed by atoms with E-state index in [4.69, 9.17) is 0 Å². The fourth-order valence-corrected chi connectivity index (χ4v) is 3.52. The third-order valence-electron chi connectivity index (χ3n) is 4.82. The Morgan fingerprint density at radius 3 is 2.18 bits per heavy atom. The van der Waals surface area contributed by atoms with E-state index in [0.717, 1.165) is 31.6 Å². The molecule has 0 aliphatic heterocycles. The summed E-state index contributed by atoms with van der Waals surface area (Å²) in [5.41, 5.74) is 0. The second-order valence-corrected chi connectivity index (χ2v) is 6.21. The Balaban J connectivity index is 1.88. The zero-order valence-electron chi connectivity index (χ0n) is 10.8. The first-order valence-corrected chi connectivity index (χ1v) is 7.12. The number of rotatable bonds is 2. The van der Waals surface area contributed by atoms with Gasteiger partial charge in [-0.2, -0.15) is 0 Å². The lowest BCUT2D eigenvalue weighted by Crippen LogP contribution is -2.42. The normalized spacial score (nSPS) is 45.5. The number of aliphatic hydroxyl groups excluding tert-OH is 3. The molecule has 0 radical (unpaired) electrons. The molecule has 17 heavy (non-hydrogen) atoms. The molecule has 2 aliphatic rings. The fraction of sp³-hybridized carbons (Fsp3) is 1.00. The second-order valence-electron chi connectivity index (χ2n) is 6.21. The van der Waals surface area contributed by atoms with Crippen molar-refractivity contribution in [2.24, 2.45) is 17.8 Å². The van der Waals surface area contributed by atoms with E-state index < -0.39 is 6.10 Å². The van der Waals surface area contributed by atoms with Crippen LogP contribution in [0.1, 0.15) is 51.9 Å². The topological polar surface area (TPSA) is 60.7 Å². The van der Waals surface area contributed by atoms with E-state index in [1.165, 1.54) is 12.8 Å². The van der Waals surface area contributed by atoms with Crippen molar-refractivity contribution in [3.63, 3.8) is 0 Å². The first kappa shape index (κ1) is 13.3. The van der Waals surface area contributed by atoms with Gasteiger partial charge in [0.2, 0.25) is 0 Å². The van der Waals surface area contributed by atoms with Crippen LogP contribution in [0.2, 0.25) is 0 Å². The molecule has 2 saturated carbocycles. The van der Waals surface area contributed by atoms with Crippen LogP contribution in [0.4, 0.5) is 0 Å². The van der Waals surface area contributed by atoms with Crippen molar-refractivity contribution in [2.45, 2.75) is 70.2 Å².